The average molecular weight is 323 g/mol. The third kappa shape index (κ3) is 4.74. The third-order valence-electron chi connectivity index (χ3n) is 3.10. The van der Waals surface area contributed by atoms with Gasteiger partial charge in [0.1, 0.15) is 24.7 Å². The second-order valence-electron chi connectivity index (χ2n) is 5.29. The zero-order valence-corrected chi connectivity index (χ0v) is 13.7. The molecule has 4 nitrogen and oxygen atoms in total. The standard InChI is InChI=1S/C20H21NO3/c1-4-13-23-19-12-8-6-10-17(19)21-20(22)16-9-5-7-11-18(16)24-14-15(2)3/h4-12H,1-2,13-14H2,3H3,(H,21,22). The lowest BCUT2D eigenvalue weighted by Crippen LogP contribution is -2.15. The number of ether oxygens (including phenoxy) is 2. The SMILES string of the molecule is C=CCOc1ccccc1NC(=O)c1ccccc1OCC(=C)C. The number of hydrogen-bond acceptors (Lipinski definition) is 3. The first kappa shape index (κ1) is 17.3. The summed E-state index contributed by atoms with van der Waals surface area (Å²) >= 11 is 0. The van der Waals surface area contributed by atoms with Crippen molar-refractivity contribution in [2.24, 2.45) is 0 Å². The Kier molecular flexibility index (Phi) is 6.20. The summed E-state index contributed by atoms with van der Waals surface area (Å²) in [6.07, 6.45) is 1.65. The lowest BCUT2D eigenvalue weighted by Gasteiger charge is -2.14. The monoisotopic (exact) mass is 323 g/mol. The molecule has 0 aromatic heterocycles. The molecule has 124 valence electrons. The van der Waals surface area contributed by atoms with E-state index in [4.69, 9.17) is 9.47 Å². The molecule has 0 radical (unpaired) electrons. The number of benzene rings is 2. The van der Waals surface area contributed by atoms with Gasteiger partial charge >= 0.3 is 0 Å². The Hall–Kier alpha value is -3.01. The summed E-state index contributed by atoms with van der Waals surface area (Å²) < 4.78 is 11.2. The van der Waals surface area contributed by atoms with Crippen LogP contribution in [0.25, 0.3) is 0 Å². The first-order valence-corrected chi connectivity index (χ1v) is 7.62. The predicted molar refractivity (Wildman–Crippen MR) is 96.8 cm³/mol. The van der Waals surface area contributed by atoms with E-state index in [1.807, 2.05) is 25.1 Å². The first-order chi connectivity index (χ1) is 11.6. The van der Waals surface area contributed by atoms with Crippen molar-refractivity contribution in [2.75, 3.05) is 18.5 Å². The molecule has 2 aromatic carbocycles. The van der Waals surface area contributed by atoms with Crippen LogP contribution in [-0.4, -0.2) is 19.1 Å². The Morgan fingerprint density at radius 1 is 1.08 bits per heavy atom. The van der Waals surface area contributed by atoms with E-state index >= 15 is 0 Å². The molecule has 0 heterocycles. The zero-order chi connectivity index (χ0) is 17.4. The third-order valence-corrected chi connectivity index (χ3v) is 3.10. The highest BCUT2D eigenvalue weighted by Crippen LogP contribution is 2.26. The molecular weight excluding hydrogens is 302 g/mol. The minimum atomic E-state index is -0.262. The molecule has 0 atom stereocenters. The van der Waals surface area contributed by atoms with E-state index in [9.17, 15) is 4.79 Å². The number of nitrogens with one attached hydrogen (secondary N) is 1. The molecule has 0 saturated carbocycles. The maximum atomic E-state index is 12.6. The van der Waals surface area contributed by atoms with Crippen LogP contribution in [0.5, 0.6) is 11.5 Å². The van der Waals surface area contributed by atoms with Crippen molar-refractivity contribution in [3.8, 4) is 11.5 Å². The quantitative estimate of drug-likeness (QED) is 0.730. The summed E-state index contributed by atoms with van der Waals surface area (Å²) in [6.45, 7) is 10.0. The van der Waals surface area contributed by atoms with Gasteiger partial charge in [-0.05, 0) is 36.8 Å². The van der Waals surface area contributed by atoms with Gasteiger partial charge in [0.25, 0.3) is 5.91 Å². The van der Waals surface area contributed by atoms with Crippen molar-refractivity contribution < 1.29 is 14.3 Å². The fourth-order valence-electron chi connectivity index (χ4n) is 2.02. The van der Waals surface area contributed by atoms with E-state index in [1.54, 1.807) is 36.4 Å². The van der Waals surface area contributed by atoms with E-state index in [-0.39, 0.29) is 5.91 Å². The summed E-state index contributed by atoms with van der Waals surface area (Å²) in [4.78, 5) is 12.6. The largest absolute Gasteiger partial charge is 0.488 e. The van der Waals surface area contributed by atoms with E-state index in [0.717, 1.165) is 5.57 Å². The minimum Gasteiger partial charge on any atom is -0.488 e. The average Bonchev–Trinajstić information content (AvgIpc) is 2.59. The van der Waals surface area contributed by atoms with Crippen LogP contribution in [-0.2, 0) is 0 Å². The van der Waals surface area contributed by atoms with Crippen LogP contribution in [0.15, 0.2) is 73.3 Å². The van der Waals surface area contributed by atoms with Crippen molar-refractivity contribution in [3.05, 3.63) is 78.9 Å². The summed E-state index contributed by atoms with van der Waals surface area (Å²) in [5.74, 6) is 0.843. The van der Waals surface area contributed by atoms with Crippen LogP contribution in [0.2, 0.25) is 0 Å². The Balaban J connectivity index is 2.18. The molecule has 24 heavy (non-hydrogen) atoms. The number of amides is 1. The maximum Gasteiger partial charge on any atom is 0.259 e. The van der Waals surface area contributed by atoms with Gasteiger partial charge in [0.2, 0.25) is 0 Å². The van der Waals surface area contributed by atoms with Crippen molar-refractivity contribution in [1.29, 1.82) is 0 Å². The fraction of sp³-hybridized carbons (Fsp3) is 0.150. The highest BCUT2D eigenvalue weighted by Gasteiger charge is 2.14. The Morgan fingerprint density at radius 3 is 2.46 bits per heavy atom. The van der Waals surface area contributed by atoms with Gasteiger partial charge in [-0.1, -0.05) is 43.5 Å². The van der Waals surface area contributed by atoms with Gasteiger partial charge in [0.15, 0.2) is 0 Å². The molecule has 4 heteroatoms. The zero-order valence-electron chi connectivity index (χ0n) is 13.7. The maximum absolute atomic E-state index is 12.6. The second-order valence-corrected chi connectivity index (χ2v) is 5.29. The molecule has 0 bridgehead atoms. The summed E-state index contributed by atoms with van der Waals surface area (Å²) in [5.41, 5.74) is 1.93. The van der Waals surface area contributed by atoms with Gasteiger partial charge in [-0.2, -0.15) is 0 Å². The number of carbonyl (C=O) groups is 1. The van der Waals surface area contributed by atoms with Gasteiger partial charge in [0.05, 0.1) is 11.3 Å². The first-order valence-electron chi connectivity index (χ1n) is 7.62. The molecule has 1 N–H and O–H groups in total. The van der Waals surface area contributed by atoms with Crippen molar-refractivity contribution >= 4 is 11.6 Å². The van der Waals surface area contributed by atoms with E-state index in [0.29, 0.717) is 36.0 Å². The van der Waals surface area contributed by atoms with Crippen molar-refractivity contribution in [1.82, 2.24) is 0 Å². The van der Waals surface area contributed by atoms with Gasteiger partial charge < -0.3 is 14.8 Å². The van der Waals surface area contributed by atoms with Crippen LogP contribution in [0.1, 0.15) is 17.3 Å². The molecule has 0 saturated heterocycles. The number of anilines is 1. The topological polar surface area (TPSA) is 47.6 Å². The molecule has 1 amide bonds. The Labute approximate surface area is 142 Å². The number of hydrogen-bond donors (Lipinski definition) is 1. The molecule has 0 spiro atoms. The van der Waals surface area contributed by atoms with E-state index < -0.39 is 0 Å². The van der Waals surface area contributed by atoms with Crippen molar-refractivity contribution in [2.45, 2.75) is 6.92 Å². The fourth-order valence-corrected chi connectivity index (χ4v) is 2.02. The smallest absolute Gasteiger partial charge is 0.259 e. The predicted octanol–water partition coefficient (Wildman–Crippen LogP) is 4.46. The molecule has 0 fully saturated rings. The van der Waals surface area contributed by atoms with Gasteiger partial charge in [-0.25, -0.2) is 0 Å². The molecule has 0 aliphatic rings. The highest BCUT2D eigenvalue weighted by atomic mass is 16.5. The van der Waals surface area contributed by atoms with Gasteiger partial charge in [-0.3, -0.25) is 4.79 Å². The van der Waals surface area contributed by atoms with Crippen molar-refractivity contribution in [3.63, 3.8) is 0 Å². The second kappa shape index (κ2) is 8.58. The van der Waals surface area contributed by atoms with Crippen LogP contribution in [0.3, 0.4) is 0 Å². The molecule has 0 unspecified atom stereocenters. The van der Waals surface area contributed by atoms with Crippen LogP contribution < -0.4 is 14.8 Å². The molecule has 2 aromatic rings. The normalized spacial score (nSPS) is 9.88. The van der Waals surface area contributed by atoms with E-state index in [1.165, 1.54) is 0 Å². The van der Waals surface area contributed by atoms with Crippen LogP contribution in [0, 0.1) is 0 Å². The summed E-state index contributed by atoms with van der Waals surface area (Å²) in [6, 6.07) is 14.4. The summed E-state index contributed by atoms with van der Waals surface area (Å²) in [5, 5.41) is 2.86. The van der Waals surface area contributed by atoms with E-state index in [2.05, 4.69) is 18.5 Å². The number of rotatable bonds is 8. The molecule has 0 aliphatic heterocycles. The molecule has 0 aliphatic carbocycles. The highest BCUT2D eigenvalue weighted by molar-refractivity contribution is 6.06. The number of para-hydroxylation sites is 3. The van der Waals surface area contributed by atoms with Crippen LogP contribution >= 0.6 is 0 Å². The minimum absolute atomic E-state index is 0.262. The lowest BCUT2D eigenvalue weighted by atomic mass is 10.1. The molecular formula is C20H21NO3. The van der Waals surface area contributed by atoms with Crippen LogP contribution in [0.4, 0.5) is 5.69 Å². The van der Waals surface area contributed by atoms with Gasteiger partial charge in [-0.15, -0.1) is 0 Å². The lowest BCUT2D eigenvalue weighted by molar-refractivity contribution is 0.102. The van der Waals surface area contributed by atoms with Gasteiger partial charge in [0, 0.05) is 0 Å². The summed E-state index contributed by atoms with van der Waals surface area (Å²) in [7, 11) is 0. The Morgan fingerprint density at radius 2 is 1.75 bits per heavy atom. The Bertz CT molecular complexity index is 737. The molecule has 2 rings (SSSR count). The number of carbonyl (C=O) groups excluding carboxylic acids is 1.